The molecule has 1 fully saturated rings. The maximum atomic E-state index is 12.0. The van der Waals surface area contributed by atoms with Crippen molar-refractivity contribution in [3.8, 4) is 0 Å². The van der Waals surface area contributed by atoms with E-state index in [2.05, 4.69) is 16.2 Å². The second-order valence-corrected chi connectivity index (χ2v) is 5.75. The molecule has 0 aromatic heterocycles. The Balaban J connectivity index is 2.02. The van der Waals surface area contributed by atoms with Gasteiger partial charge < -0.3 is 5.32 Å². The summed E-state index contributed by atoms with van der Waals surface area (Å²) in [6.45, 7) is 2.72. The third kappa shape index (κ3) is 2.95. The van der Waals surface area contributed by atoms with Gasteiger partial charge in [0.15, 0.2) is 0 Å². The number of hydrogen-bond donors (Lipinski definition) is 3. The fourth-order valence-corrected chi connectivity index (χ4v) is 2.35. The van der Waals surface area contributed by atoms with Gasteiger partial charge in [0, 0.05) is 40.1 Å². The number of benzene rings is 1. The van der Waals surface area contributed by atoms with Crippen LogP contribution in [0.15, 0.2) is 29.2 Å². The second kappa shape index (κ2) is 5.60. The highest BCUT2D eigenvalue weighted by Gasteiger charge is 2.24. The van der Waals surface area contributed by atoms with Gasteiger partial charge in [0.1, 0.15) is 0 Å². The number of hydrazine groups is 1. The van der Waals surface area contributed by atoms with Crippen LogP contribution in [0.4, 0.5) is 0 Å². The van der Waals surface area contributed by atoms with Crippen LogP contribution in [0, 0.1) is 0 Å². The van der Waals surface area contributed by atoms with E-state index in [1.54, 1.807) is 30.5 Å². The minimum atomic E-state index is -1.01. The van der Waals surface area contributed by atoms with Gasteiger partial charge in [0.05, 0.1) is 6.04 Å². The van der Waals surface area contributed by atoms with Gasteiger partial charge in [-0.2, -0.15) is 0 Å². The summed E-state index contributed by atoms with van der Waals surface area (Å²) in [6.07, 6.45) is 1.62. The van der Waals surface area contributed by atoms with Crippen LogP contribution < -0.4 is 16.2 Å². The smallest absolute Gasteiger partial charge is 0.251 e. The van der Waals surface area contributed by atoms with E-state index in [0.717, 1.165) is 4.90 Å². The lowest BCUT2D eigenvalue weighted by molar-refractivity contribution is 0.0937. The Bertz CT molecular complexity index is 461. The van der Waals surface area contributed by atoms with E-state index in [1.165, 1.54) is 0 Å². The van der Waals surface area contributed by atoms with Gasteiger partial charge in [-0.1, -0.05) is 0 Å². The molecule has 3 unspecified atom stereocenters. The van der Waals surface area contributed by atoms with Crippen LogP contribution in [0.25, 0.3) is 0 Å². The Morgan fingerprint density at radius 1 is 1.39 bits per heavy atom. The summed E-state index contributed by atoms with van der Waals surface area (Å²) < 4.78 is 11.2. The van der Waals surface area contributed by atoms with Gasteiger partial charge >= 0.3 is 0 Å². The molecule has 98 valence electrons. The van der Waals surface area contributed by atoms with Crippen LogP contribution in [0.3, 0.4) is 0 Å². The van der Waals surface area contributed by atoms with Crippen LogP contribution in [0.1, 0.15) is 17.3 Å². The van der Waals surface area contributed by atoms with Crippen LogP contribution in [0.2, 0.25) is 0 Å². The monoisotopic (exact) mass is 267 g/mol. The van der Waals surface area contributed by atoms with E-state index in [-0.39, 0.29) is 18.0 Å². The van der Waals surface area contributed by atoms with E-state index in [9.17, 15) is 9.00 Å². The Kier molecular flexibility index (Phi) is 4.11. The first kappa shape index (κ1) is 13.2. The zero-order chi connectivity index (χ0) is 13.1. The molecule has 1 saturated heterocycles. The zero-order valence-corrected chi connectivity index (χ0v) is 11.2. The molecule has 5 nitrogen and oxygen atoms in total. The summed E-state index contributed by atoms with van der Waals surface area (Å²) in [7, 11) is -1.01. The van der Waals surface area contributed by atoms with E-state index in [0.29, 0.717) is 12.1 Å². The van der Waals surface area contributed by atoms with Gasteiger partial charge in [-0.15, -0.1) is 0 Å². The minimum absolute atomic E-state index is 0.0810. The topological polar surface area (TPSA) is 70.2 Å². The molecule has 3 atom stereocenters. The lowest BCUT2D eigenvalue weighted by Crippen LogP contribution is -2.43. The van der Waals surface area contributed by atoms with Crippen LogP contribution in [-0.2, 0) is 10.8 Å². The number of hydrogen-bond acceptors (Lipinski definition) is 4. The summed E-state index contributed by atoms with van der Waals surface area (Å²) in [6, 6.07) is 7.13. The van der Waals surface area contributed by atoms with Crippen molar-refractivity contribution in [2.24, 2.45) is 0 Å². The number of carbonyl (C=O) groups is 1. The summed E-state index contributed by atoms with van der Waals surface area (Å²) in [5.41, 5.74) is 6.63. The van der Waals surface area contributed by atoms with Crippen LogP contribution in [-0.4, -0.2) is 35.0 Å². The van der Waals surface area contributed by atoms with Crippen molar-refractivity contribution in [1.82, 2.24) is 16.2 Å². The maximum Gasteiger partial charge on any atom is 0.251 e. The highest BCUT2D eigenvalue weighted by molar-refractivity contribution is 7.84. The van der Waals surface area contributed by atoms with Gasteiger partial charge in [-0.05, 0) is 31.2 Å². The molecule has 18 heavy (non-hydrogen) atoms. The highest BCUT2D eigenvalue weighted by atomic mass is 32.2. The van der Waals surface area contributed by atoms with Crippen molar-refractivity contribution in [3.05, 3.63) is 29.8 Å². The average Bonchev–Trinajstić information content (AvgIpc) is 2.75. The molecule has 1 aliphatic heterocycles. The van der Waals surface area contributed by atoms with Crippen molar-refractivity contribution in [2.75, 3.05) is 12.8 Å². The van der Waals surface area contributed by atoms with E-state index >= 15 is 0 Å². The molecule has 1 aliphatic rings. The summed E-state index contributed by atoms with van der Waals surface area (Å²) >= 11 is 0. The first-order valence-corrected chi connectivity index (χ1v) is 7.36. The fourth-order valence-electron chi connectivity index (χ4n) is 1.83. The number of amides is 1. The molecule has 1 heterocycles. The summed E-state index contributed by atoms with van der Waals surface area (Å²) in [5.74, 6) is -0.106. The Morgan fingerprint density at radius 3 is 2.56 bits per heavy atom. The molecule has 1 aromatic rings. The van der Waals surface area contributed by atoms with Crippen LogP contribution >= 0.6 is 0 Å². The molecule has 6 heteroatoms. The molecule has 3 N–H and O–H groups in total. The molecular weight excluding hydrogens is 250 g/mol. The van der Waals surface area contributed by atoms with Gasteiger partial charge in [0.2, 0.25) is 0 Å². The number of carbonyl (C=O) groups excluding carboxylic acids is 1. The fraction of sp³-hybridized carbons (Fsp3) is 0.417. The molecule has 0 radical (unpaired) electrons. The second-order valence-electron chi connectivity index (χ2n) is 4.37. The lowest BCUT2D eigenvalue weighted by Gasteiger charge is -2.15. The predicted octanol–water partition coefficient (Wildman–Crippen LogP) is 0.0187. The normalized spacial score (nSPS) is 24.8. The number of rotatable bonds is 3. The third-order valence-electron chi connectivity index (χ3n) is 3.02. The van der Waals surface area contributed by atoms with Crippen molar-refractivity contribution >= 4 is 16.7 Å². The summed E-state index contributed by atoms with van der Waals surface area (Å²) in [4.78, 5) is 12.7. The van der Waals surface area contributed by atoms with Crippen molar-refractivity contribution in [2.45, 2.75) is 23.9 Å². The largest absolute Gasteiger partial charge is 0.346 e. The zero-order valence-electron chi connectivity index (χ0n) is 10.4. The van der Waals surface area contributed by atoms with Gasteiger partial charge in [0.25, 0.3) is 5.91 Å². The molecule has 0 bridgehead atoms. The Labute approximate surface area is 109 Å². The number of nitrogens with one attached hydrogen (secondary N) is 3. The molecule has 0 spiro atoms. The quantitative estimate of drug-likeness (QED) is 0.722. The Hall–Kier alpha value is -1.24. The van der Waals surface area contributed by atoms with Crippen LogP contribution in [0.5, 0.6) is 0 Å². The SMILES string of the molecule is CC1NNCC1NC(=O)c1ccc(S(C)=O)cc1. The highest BCUT2D eigenvalue weighted by Crippen LogP contribution is 2.08. The molecule has 0 aliphatic carbocycles. The van der Waals surface area contributed by atoms with Crippen molar-refractivity contribution < 1.29 is 9.00 Å². The molecular formula is C12H17N3O2S. The average molecular weight is 267 g/mol. The third-order valence-corrected chi connectivity index (χ3v) is 3.96. The van der Waals surface area contributed by atoms with Gasteiger partial charge in [-0.3, -0.25) is 19.9 Å². The van der Waals surface area contributed by atoms with E-state index < -0.39 is 10.8 Å². The molecule has 0 saturated carbocycles. The lowest BCUT2D eigenvalue weighted by atomic mass is 10.1. The predicted molar refractivity (Wildman–Crippen MR) is 70.6 cm³/mol. The first-order chi connectivity index (χ1) is 8.58. The maximum absolute atomic E-state index is 12.0. The summed E-state index contributed by atoms with van der Waals surface area (Å²) in [5, 5.41) is 2.95. The van der Waals surface area contributed by atoms with Crippen molar-refractivity contribution in [3.63, 3.8) is 0 Å². The minimum Gasteiger partial charge on any atom is -0.346 e. The molecule has 1 aromatic carbocycles. The first-order valence-electron chi connectivity index (χ1n) is 5.80. The van der Waals surface area contributed by atoms with Gasteiger partial charge in [-0.25, -0.2) is 0 Å². The molecule has 1 amide bonds. The standard InChI is InChI=1S/C12H17N3O2S/c1-8-11(7-13-15-8)14-12(16)9-3-5-10(6-4-9)18(2)17/h3-6,8,11,13,15H,7H2,1-2H3,(H,14,16). The van der Waals surface area contributed by atoms with E-state index in [1.807, 2.05) is 6.92 Å². The van der Waals surface area contributed by atoms with Crippen molar-refractivity contribution in [1.29, 1.82) is 0 Å². The van der Waals surface area contributed by atoms with E-state index in [4.69, 9.17) is 0 Å². The molecule has 2 rings (SSSR count). The Morgan fingerprint density at radius 2 is 2.06 bits per heavy atom.